The molecule has 2 fully saturated rings. The topological polar surface area (TPSA) is 126 Å². The molecule has 1 aliphatic heterocycles. The van der Waals surface area contributed by atoms with Crippen LogP contribution in [0.2, 0.25) is 0 Å². The maximum absolute atomic E-state index is 13.1. The Labute approximate surface area is 267 Å². The summed E-state index contributed by atoms with van der Waals surface area (Å²) < 4.78 is 11.6. The minimum atomic E-state index is -0.972. The predicted molar refractivity (Wildman–Crippen MR) is 175 cm³/mol. The number of carbonyl (C=O) groups is 3. The van der Waals surface area contributed by atoms with Gasteiger partial charge in [0, 0.05) is 23.7 Å². The number of carbonyl (C=O) groups excluding carboxylic acids is 2. The Bertz CT molecular complexity index is 918. The minimum Gasteiger partial charge on any atom is -0.481 e. The van der Waals surface area contributed by atoms with E-state index < -0.39 is 29.2 Å². The van der Waals surface area contributed by atoms with Crippen molar-refractivity contribution in [2.45, 2.75) is 162 Å². The molecule has 9 nitrogen and oxygen atoms in total. The molecule has 4 unspecified atom stereocenters. The van der Waals surface area contributed by atoms with Crippen molar-refractivity contribution in [1.82, 2.24) is 16.0 Å². The molecule has 0 aromatic rings. The van der Waals surface area contributed by atoms with Crippen molar-refractivity contribution in [3.63, 3.8) is 0 Å². The van der Waals surface area contributed by atoms with E-state index in [2.05, 4.69) is 29.0 Å². The van der Waals surface area contributed by atoms with Gasteiger partial charge in [-0.05, 0) is 52.4 Å². The Morgan fingerprint density at radius 3 is 2.11 bits per heavy atom. The maximum atomic E-state index is 13.1. The van der Waals surface area contributed by atoms with Crippen LogP contribution in [0.25, 0.3) is 0 Å². The first kappa shape index (κ1) is 38.1. The number of aliphatic carboxylic acids is 1. The molecular weight excluding hydrogens is 558 g/mol. The summed E-state index contributed by atoms with van der Waals surface area (Å²) in [4.78, 5) is 38.4. The number of nitrogens with one attached hydrogen (secondary N) is 3. The summed E-state index contributed by atoms with van der Waals surface area (Å²) in [6.45, 7) is 11.8. The fraction of sp³-hybridized carbons (Fsp3) is 0.857. The lowest BCUT2D eigenvalue weighted by Gasteiger charge is -2.45. The van der Waals surface area contributed by atoms with Crippen LogP contribution in [0.5, 0.6) is 0 Å². The highest BCUT2D eigenvalue weighted by Gasteiger charge is 2.46. The first-order valence-electron chi connectivity index (χ1n) is 17.4. The highest BCUT2D eigenvalue weighted by atomic mass is 16.7. The van der Waals surface area contributed by atoms with Gasteiger partial charge in [0.15, 0.2) is 5.79 Å². The SMILES string of the molecule is CCCCCCCCCCCCCC=C(C)NC(=O)NC1CCCCC1C(CNC(=O)C1OC(C)(C)OCC1(C)C)C(=O)O. The fourth-order valence-electron chi connectivity index (χ4n) is 6.43. The Kier molecular flexibility index (Phi) is 16.8. The van der Waals surface area contributed by atoms with E-state index in [0.29, 0.717) is 19.4 Å². The van der Waals surface area contributed by atoms with Crippen LogP contribution in [-0.2, 0) is 19.1 Å². The molecule has 1 saturated carbocycles. The van der Waals surface area contributed by atoms with Gasteiger partial charge < -0.3 is 30.5 Å². The van der Waals surface area contributed by atoms with Crippen molar-refractivity contribution in [3.8, 4) is 0 Å². The molecule has 1 saturated heterocycles. The second-order valence-corrected chi connectivity index (χ2v) is 14.2. The van der Waals surface area contributed by atoms with Gasteiger partial charge in [0.2, 0.25) is 5.91 Å². The molecule has 0 spiro atoms. The highest BCUT2D eigenvalue weighted by Crippen LogP contribution is 2.35. The van der Waals surface area contributed by atoms with E-state index in [1.807, 2.05) is 20.8 Å². The summed E-state index contributed by atoms with van der Waals surface area (Å²) in [5.41, 5.74) is 0.259. The van der Waals surface area contributed by atoms with E-state index in [-0.39, 0.29) is 30.4 Å². The Balaban J connectivity index is 1.78. The number of allylic oxidation sites excluding steroid dienone is 2. The van der Waals surface area contributed by atoms with E-state index in [0.717, 1.165) is 31.4 Å². The number of hydrogen-bond donors (Lipinski definition) is 4. The van der Waals surface area contributed by atoms with Crippen LogP contribution in [0.15, 0.2) is 11.8 Å². The monoisotopic (exact) mass is 621 g/mol. The number of carboxylic acids is 1. The van der Waals surface area contributed by atoms with Gasteiger partial charge in [0.05, 0.1) is 12.5 Å². The minimum absolute atomic E-state index is 0.0201. The first-order valence-corrected chi connectivity index (χ1v) is 17.4. The van der Waals surface area contributed by atoms with Crippen molar-refractivity contribution in [1.29, 1.82) is 0 Å². The van der Waals surface area contributed by atoms with Crippen LogP contribution in [0, 0.1) is 17.3 Å². The summed E-state index contributed by atoms with van der Waals surface area (Å²) in [7, 11) is 0. The van der Waals surface area contributed by atoms with Gasteiger partial charge in [-0.1, -0.05) is 104 Å². The molecule has 1 heterocycles. The third-order valence-corrected chi connectivity index (χ3v) is 9.18. The number of carboxylic acid groups (broad SMARTS) is 1. The molecule has 0 aromatic heterocycles. The summed E-state index contributed by atoms with van der Waals surface area (Å²) in [5.74, 6) is -3.31. The van der Waals surface area contributed by atoms with Gasteiger partial charge in [-0.25, -0.2) is 4.79 Å². The second-order valence-electron chi connectivity index (χ2n) is 14.2. The highest BCUT2D eigenvalue weighted by molar-refractivity contribution is 5.82. The van der Waals surface area contributed by atoms with Gasteiger partial charge in [-0.3, -0.25) is 9.59 Å². The molecule has 0 radical (unpaired) electrons. The van der Waals surface area contributed by atoms with Crippen molar-refractivity contribution >= 4 is 17.9 Å². The quantitative estimate of drug-likeness (QED) is 0.111. The molecular formula is C35H63N3O6. The first-order chi connectivity index (χ1) is 20.9. The number of hydrogen-bond acceptors (Lipinski definition) is 5. The Morgan fingerprint density at radius 1 is 0.909 bits per heavy atom. The van der Waals surface area contributed by atoms with E-state index >= 15 is 0 Å². The number of amides is 3. The fourth-order valence-corrected chi connectivity index (χ4v) is 6.43. The molecule has 0 bridgehead atoms. The maximum Gasteiger partial charge on any atom is 0.319 e. The van der Waals surface area contributed by atoms with Crippen LogP contribution in [0.3, 0.4) is 0 Å². The number of unbranched alkanes of at least 4 members (excludes halogenated alkanes) is 11. The van der Waals surface area contributed by atoms with Gasteiger partial charge in [-0.2, -0.15) is 0 Å². The second kappa shape index (κ2) is 19.4. The van der Waals surface area contributed by atoms with Crippen LogP contribution in [0.1, 0.15) is 144 Å². The van der Waals surface area contributed by atoms with E-state index in [9.17, 15) is 19.5 Å². The zero-order chi connectivity index (χ0) is 32.6. The van der Waals surface area contributed by atoms with Gasteiger partial charge in [0.1, 0.15) is 6.10 Å². The number of urea groups is 1. The molecule has 254 valence electrons. The molecule has 2 rings (SSSR count). The van der Waals surface area contributed by atoms with E-state index in [1.54, 1.807) is 13.8 Å². The third kappa shape index (κ3) is 13.9. The summed E-state index contributed by atoms with van der Waals surface area (Å²) in [6, 6.07) is -0.585. The molecule has 44 heavy (non-hydrogen) atoms. The lowest BCUT2D eigenvalue weighted by molar-refractivity contribution is -0.304. The van der Waals surface area contributed by atoms with Crippen molar-refractivity contribution < 1.29 is 29.0 Å². The van der Waals surface area contributed by atoms with Crippen LogP contribution < -0.4 is 16.0 Å². The largest absolute Gasteiger partial charge is 0.481 e. The summed E-state index contributed by atoms with van der Waals surface area (Å²) in [6.07, 6.45) is 19.8. The molecule has 2 aliphatic rings. The molecule has 1 aliphatic carbocycles. The van der Waals surface area contributed by atoms with Crippen LogP contribution in [0.4, 0.5) is 4.79 Å². The van der Waals surface area contributed by atoms with Gasteiger partial charge >= 0.3 is 12.0 Å². The van der Waals surface area contributed by atoms with Crippen molar-refractivity contribution in [3.05, 3.63) is 11.8 Å². The molecule has 0 aromatic carbocycles. The molecule has 4 N–H and O–H groups in total. The number of rotatable bonds is 19. The van der Waals surface area contributed by atoms with Crippen LogP contribution in [-0.4, -0.2) is 54.1 Å². The van der Waals surface area contributed by atoms with Crippen molar-refractivity contribution in [2.75, 3.05) is 13.2 Å². The summed E-state index contributed by atoms with van der Waals surface area (Å²) in [5, 5.41) is 19.0. The van der Waals surface area contributed by atoms with E-state index in [1.165, 1.54) is 64.2 Å². The lowest BCUT2D eigenvalue weighted by Crippen LogP contribution is -2.57. The standard InChI is InChI=1S/C35H63N3O6/c1-7-8-9-10-11-12-13-14-15-16-17-18-21-26(2)37-33(42)38-29-23-20-19-22-27(29)28(32(40)41)24-36-31(39)30-34(3,4)25-43-35(5,6)44-30/h21,27-30H,7-20,22-25H2,1-6H3,(H,36,39)(H,40,41)(H2,37,38,42). The smallest absolute Gasteiger partial charge is 0.319 e. The normalized spacial score (nSPS) is 23.9. The average Bonchev–Trinajstić information content (AvgIpc) is 2.95. The zero-order valence-corrected chi connectivity index (χ0v) is 28.6. The molecule has 4 atom stereocenters. The van der Waals surface area contributed by atoms with Gasteiger partial charge in [0.25, 0.3) is 0 Å². The van der Waals surface area contributed by atoms with Crippen LogP contribution >= 0.6 is 0 Å². The van der Waals surface area contributed by atoms with E-state index in [4.69, 9.17) is 9.47 Å². The molecule has 9 heteroatoms. The Morgan fingerprint density at radius 2 is 1.50 bits per heavy atom. The zero-order valence-electron chi connectivity index (χ0n) is 28.6. The molecule has 3 amide bonds. The third-order valence-electron chi connectivity index (χ3n) is 9.18. The Hall–Kier alpha value is -2.13. The number of ether oxygens (including phenoxy) is 2. The summed E-state index contributed by atoms with van der Waals surface area (Å²) >= 11 is 0. The van der Waals surface area contributed by atoms with Gasteiger partial charge in [-0.15, -0.1) is 0 Å². The van der Waals surface area contributed by atoms with Crippen molar-refractivity contribution in [2.24, 2.45) is 17.3 Å². The average molecular weight is 622 g/mol. The predicted octanol–water partition coefficient (Wildman–Crippen LogP) is 7.44. The lowest BCUT2D eigenvalue weighted by atomic mass is 9.76.